The van der Waals surface area contributed by atoms with Gasteiger partial charge in [-0.2, -0.15) is 0 Å². The Bertz CT molecular complexity index is 323. The molecule has 7 nitrogen and oxygen atoms in total. The van der Waals surface area contributed by atoms with E-state index in [9.17, 15) is 9.59 Å². The van der Waals surface area contributed by atoms with Gasteiger partial charge >= 0.3 is 12.2 Å². The maximum absolute atomic E-state index is 11.7. The van der Waals surface area contributed by atoms with Gasteiger partial charge in [0.25, 0.3) is 0 Å². The van der Waals surface area contributed by atoms with Crippen molar-refractivity contribution in [3.05, 3.63) is 0 Å². The quantitative estimate of drug-likeness (QED) is 0.403. The van der Waals surface area contributed by atoms with Gasteiger partial charge in [-0.15, -0.1) is 0 Å². The van der Waals surface area contributed by atoms with E-state index in [-0.39, 0.29) is 19.3 Å². The van der Waals surface area contributed by atoms with Crippen molar-refractivity contribution in [2.75, 3.05) is 13.2 Å². The molecule has 0 aromatic carbocycles. The molecule has 0 saturated heterocycles. The maximum Gasteiger partial charge on any atom is 0.424 e. The highest BCUT2D eigenvalue weighted by atomic mass is 16.6. The first-order valence-corrected chi connectivity index (χ1v) is 6.84. The summed E-state index contributed by atoms with van der Waals surface area (Å²) in [6, 6.07) is -0.147. The normalized spacial score (nSPS) is 13.7. The van der Waals surface area contributed by atoms with Crippen LogP contribution in [-0.4, -0.2) is 36.5 Å². The van der Waals surface area contributed by atoms with Crippen molar-refractivity contribution < 1.29 is 19.1 Å². The molecule has 0 radical (unpaired) electrons. The number of primary amides is 1. The first-order chi connectivity index (χ1) is 9.22. The summed E-state index contributed by atoms with van der Waals surface area (Å²) < 4.78 is 10.0. The third-order valence-corrected chi connectivity index (χ3v) is 3.01. The van der Waals surface area contributed by atoms with Gasteiger partial charge < -0.3 is 15.2 Å². The lowest BCUT2D eigenvalue weighted by atomic mass is 9.87. The molecule has 0 rings (SSSR count). The summed E-state index contributed by atoms with van der Waals surface area (Å²) in [5.74, 6) is 5.57. The van der Waals surface area contributed by atoms with Crippen LogP contribution in [0.3, 0.4) is 0 Å². The molecule has 0 aliphatic carbocycles. The molecule has 0 saturated carbocycles. The van der Waals surface area contributed by atoms with Gasteiger partial charge in [-0.3, -0.25) is 0 Å². The molecule has 0 aliphatic rings. The molecule has 118 valence electrons. The van der Waals surface area contributed by atoms with Gasteiger partial charge in [-0.1, -0.05) is 26.7 Å². The van der Waals surface area contributed by atoms with Crippen molar-refractivity contribution in [3.8, 4) is 0 Å². The fourth-order valence-electron chi connectivity index (χ4n) is 1.56. The summed E-state index contributed by atoms with van der Waals surface area (Å²) in [4.78, 5) is 22.4. The second-order valence-electron chi connectivity index (χ2n) is 5.58. The predicted molar refractivity (Wildman–Crippen MR) is 75.7 cm³/mol. The summed E-state index contributed by atoms with van der Waals surface area (Å²) in [7, 11) is 0. The molecule has 7 heteroatoms. The van der Waals surface area contributed by atoms with Crippen LogP contribution in [0.4, 0.5) is 9.59 Å². The molecule has 0 spiro atoms. The van der Waals surface area contributed by atoms with E-state index in [0.717, 1.165) is 24.3 Å². The lowest BCUT2D eigenvalue weighted by Gasteiger charge is -2.29. The molecule has 1 atom stereocenters. The van der Waals surface area contributed by atoms with Crippen molar-refractivity contribution in [2.45, 2.75) is 53.0 Å². The van der Waals surface area contributed by atoms with Crippen molar-refractivity contribution in [3.63, 3.8) is 0 Å². The first kappa shape index (κ1) is 18.5. The SMILES string of the molecule is CCCCC(C)(COC(N)=O)COC(=O)N(N)C(C)C. The molecule has 0 aromatic rings. The molecule has 0 aliphatic heterocycles. The Kier molecular flexibility index (Phi) is 7.98. The topological polar surface area (TPSA) is 108 Å². The number of hydrogen-bond donors (Lipinski definition) is 2. The van der Waals surface area contributed by atoms with Gasteiger partial charge in [0.15, 0.2) is 0 Å². The molecule has 1 unspecified atom stereocenters. The minimum atomic E-state index is -0.832. The number of rotatable bonds is 8. The summed E-state index contributed by atoms with van der Waals surface area (Å²) in [5, 5.41) is 1.02. The number of carbonyl (C=O) groups excluding carboxylic acids is 2. The lowest BCUT2D eigenvalue weighted by molar-refractivity contribution is 0.0169. The molecular formula is C13H27N3O4. The Labute approximate surface area is 120 Å². The van der Waals surface area contributed by atoms with Gasteiger partial charge in [-0.25, -0.2) is 20.4 Å². The third kappa shape index (κ3) is 7.18. The van der Waals surface area contributed by atoms with E-state index in [1.54, 1.807) is 13.8 Å². The number of hydrazine groups is 1. The third-order valence-electron chi connectivity index (χ3n) is 3.01. The van der Waals surface area contributed by atoms with Crippen LogP contribution in [0.25, 0.3) is 0 Å². The standard InChI is InChI=1S/C13H27N3O4/c1-5-6-7-13(4,8-19-11(14)17)9-20-12(18)16(15)10(2)3/h10H,5-9,15H2,1-4H3,(H2,14,17). The summed E-state index contributed by atoms with van der Waals surface area (Å²) in [6.07, 6.45) is 1.27. The van der Waals surface area contributed by atoms with Crippen LogP contribution in [-0.2, 0) is 9.47 Å². The van der Waals surface area contributed by atoms with Crippen LogP contribution in [0.2, 0.25) is 0 Å². The largest absolute Gasteiger partial charge is 0.449 e. The second kappa shape index (κ2) is 8.63. The first-order valence-electron chi connectivity index (χ1n) is 6.84. The average molecular weight is 289 g/mol. The Morgan fingerprint density at radius 1 is 1.25 bits per heavy atom. The van der Waals surface area contributed by atoms with Gasteiger partial charge in [-0.05, 0) is 20.3 Å². The Balaban J connectivity index is 4.48. The van der Waals surface area contributed by atoms with Crippen LogP contribution in [0.1, 0.15) is 47.0 Å². The van der Waals surface area contributed by atoms with E-state index < -0.39 is 17.6 Å². The zero-order valence-electron chi connectivity index (χ0n) is 12.8. The van der Waals surface area contributed by atoms with Crippen LogP contribution in [0.5, 0.6) is 0 Å². The molecule has 20 heavy (non-hydrogen) atoms. The smallest absolute Gasteiger partial charge is 0.424 e. The zero-order chi connectivity index (χ0) is 15.8. The Hall–Kier alpha value is -1.50. The van der Waals surface area contributed by atoms with Crippen molar-refractivity contribution in [1.29, 1.82) is 0 Å². The van der Waals surface area contributed by atoms with Crippen LogP contribution in [0.15, 0.2) is 0 Å². The number of amides is 2. The minimum absolute atomic E-state index is 0.113. The number of ether oxygens (including phenoxy) is 2. The predicted octanol–water partition coefficient (Wildman–Crippen LogP) is 2.00. The highest BCUT2D eigenvalue weighted by molar-refractivity contribution is 5.67. The summed E-state index contributed by atoms with van der Waals surface area (Å²) >= 11 is 0. The zero-order valence-corrected chi connectivity index (χ0v) is 12.8. The van der Waals surface area contributed by atoms with Crippen molar-refractivity contribution in [2.24, 2.45) is 17.0 Å². The second-order valence-corrected chi connectivity index (χ2v) is 5.58. The molecule has 0 bridgehead atoms. The van der Waals surface area contributed by atoms with E-state index >= 15 is 0 Å². The fourth-order valence-corrected chi connectivity index (χ4v) is 1.56. The highest BCUT2D eigenvalue weighted by Gasteiger charge is 2.28. The van der Waals surface area contributed by atoms with Gasteiger partial charge in [0.05, 0.1) is 0 Å². The lowest BCUT2D eigenvalue weighted by Crippen LogP contribution is -2.44. The van der Waals surface area contributed by atoms with E-state index in [1.165, 1.54) is 0 Å². The van der Waals surface area contributed by atoms with E-state index in [2.05, 4.69) is 6.92 Å². The van der Waals surface area contributed by atoms with Gasteiger partial charge in [0, 0.05) is 11.5 Å². The summed E-state index contributed by atoms with van der Waals surface area (Å²) in [5.41, 5.74) is 4.52. The van der Waals surface area contributed by atoms with E-state index in [0.29, 0.717) is 0 Å². The van der Waals surface area contributed by atoms with Crippen molar-refractivity contribution in [1.82, 2.24) is 5.01 Å². The molecule has 4 N–H and O–H groups in total. The maximum atomic E-state index is 11.7. The monoisotopic (exact) mass is 289 g/mol. The number of nitrogens with two attached hydrogens (primary N) is 2. The molecule has 0 aromatic heterocycles. The molecular weight excluding hydrogens is 262 g/mol. The van der Waals surface area contributed by atoms with E-state index in [4.69, 9.17) is 21.1 Å². The van der Waals surface area contributed by atoms with Crippen LogP contribution < -0.4 is 11.6 Å². The van der Waals surface area contributed by atoms with Gasteiger partial charge in [0.1, 0.15) is 13.2 Å². The van der Waals surface area contributed by atoms with Crippen molar-refractivity contribution >= 4 is 12.2 Å². The van der Waals surface area contributed by atoms with Crippen LogP contribution in [0, 0.1) is 5.41 Å². The number of hydrogen-bond acceptors (Lipinski definition) is 5. The Morgan fingerprint density at radius 3 is 2.25 bits per heavy atom. The number of carbonyl (C=O) groups is 2. The highest BCUT2D eigenvalue weighted by Crippen LogP contribution is 2.25. The minimum Gasteiger partial charge on any atom is -0.449 e. The molecule has 0 heterocycles. The fraction of sp³-hybridized carbons (Fsp3) is 0.846. The summed E-state index contributed by atoms with van der Waals surface area (Å²) in [6.45, 7) is 7.75. The number of unbranched alkanes of at least 4 members (excludes halogenated alkanes) is 1. The van der Waals surface area contributed by atoms with E-state index in [1.807, 2.05) is 6.92 Å². The average Bonchev–Trinajstić information content (AvgIpc) is 2.39. The molecule has 0 fully saturated rings. The number of nitrogens with zero attached hydrogens (tertiary/aromatic N) is 1. The van der Waals surface area contributed by atoms with Gasteiger partial charge in [0.2, 0.25) is 0 Å². The Morgan fingerprint density at radius 2 is 1.80 bits per heavy atom. The van der Waals surface area contributed by atoms with Crippen LogP contribution >= 0.6 is 0 Å². The molecule has 2 amide bonds.